The lowest BCUT2D eigenvalue weighted by Crippen LogP contribution is -2.57. The second-order valence-corrected chi connectivity index (χ2v) is 7.98. The van der Waals surface area contributed by atoms with Gasteiger partial charge in [0, 0.05) is 0 Å². The Morgan fingerprint density at radius 3 is 2.29 bits per heavy atom. The van der Waals surface area contributed by atoms with Crippen molar-refractivity contribution < 1.29 is 30.4 Å². The second-order valence-electron chi connectivity index (χ2n) is 5.82. The van der Waals surface area contributed by atoms with E-state index in [1.165, 1.54) is 18.6 Å². The van der Waals surface area contributed by atoms with Crippen LogP contribution in [0.15, 0.2) is 5.16 Å². The van der Waals surface area contributed by atoms with Crippen LogP contribution in [-0.2, 0) is 4.74 Å². The van der Waals surface area contributed by atoms with Crippen molar-refractivity contribution in [1.82, 2.24) is 0 Å². The van der Waals surface area contributed by atoms with E-state index in [1.807, 2.05) is 11.8 Å². The minimum Gasteiger partial charge on any atom is -0.410 e. The summed E-state index contributed by atoms with van der Waals surface area (Å²) >= 11 is 2.86. The summed E-state index contributed by atoms with van der Waals surface area (Å²) in [5.74, 6) is 1.18. The van der Waals surface area contributed by atoms with E-state index < -0.39 is 36.5 Å². The number of nitrogens with zero attached hydrogens (tertiary/aromatic N) is 1. The number of hydrogen-bond donors (Lipinski definition) is 5. The predicted molar refractivity (Wildman–Crippen MR) is 96.7 cm³/mol. The van der Waals surface area contributed by atoms with Gasteiger partial charge in [0.05, 0.1) is 6.61 Å². The molecule has 1 saturated heterocycles. The molecule has 142 valence electrons. The third kappa shape index (κ3) is 7.07. The Morgan fingerprint density at radius 2 is 1.67 bits per heavy atom. The van der Waals surface area contributed by atoms with Gasteiger partial charge in [-0.05, 0) is 31.3 Å². The fraction of sp³-hybridized carbons (Fsp3) is 0.933. The van der Waals surface area contributed by atoms with Crippen molar-refractivity contribution in [2.24, 2.45) is 5.16 Å². The first kappa shape index (κ1) is 22.0. The summed E-state index contributed by atoms with van der Waals surface area (Å²) in [7, 11) is 0. The largest absolute Gasteiger partial charge is 0.410 e. The highest BCUT2D eigenvalue weighted by molar-refractivity contribution is 8.14. The average molecular weight is 384 g/mol. The lowest BCUT2D eigenvalue weighted by molar-refractivity contribution is -0.205. The Labute approximate surface area is 151 Å². The van der Waals surface area contributed by atoms with E-state index in [2.05, 4.69) is 11.4 Å². The molecule has 9 heteroatoms. The number of rotatable bonds is 10. The zero-order chi connectivity index (χ0) is 17.9. The Bertz CT molecular complexity index is 372. The minimum absolute atomic E-state index is 0.406. The molecule has 1 rings (SSSR count). The number of aliphatic hydroxyl groups is 4. The van der Waals surface area contributed by atoms with Gasteiger partial charge in [-0.3, -0.25) is 0 Å². The molecule has 5 N–H and O–H groups in total. The molecule has 1 aliphatic heterocycles. The predicted octanol–water partition coefficient (Wildman–Crippen LogP) is 1.01. The fourth-order valence-corrected chi connectivity index (χ4v) is 4.05. The molecule has 0 unspecified atom stereocenters. The molecule has 5 atom stereocenters. The van der Waals surface area contributed by atoms with Crippen molar-refractivity contribution in [3.63, 3.8) is 0 Å². The summed E-state index contributed by atoms with van der Waals surface area (Å²) in [4.78, 5) is 0. The van der Waals surface area contributed by atoms with Gasteiger partial charge < -0.3 is 30.4 Å². The third-order valence-electron chi connectivity index (χ3n) is 3.95. The number of thioether (sulfide) groups is 2. The maximum absolute atomic E-state index is 9.98. The normalized spacial score (nSPS) is 31.4. The molecule has 0 radical (unpaired) electrons. The molecule has 7 nitrogen and oxygen atoms in total. The van der Waals surface area contributed by atoms with Crippen molar-refractivity contribution in [2.75, 3.05) is 18.6 Å². The Balaban J connectivity index is 2.36. The number of hydrogen-bond acceptors (Lipinski definition) is 9. The molecule has 24 heavy (non-hydrogen) atoms. The van der Waals surface area contributed by atoms with E-state index in [-0.39, 0.29) is 0 Å². The van der Waals surface area contributed by atoms with Gasteiger partial charge >= 0.3 is 0 Å². The monoisotopic (exact) mass is 383 g/mol. The molecule has 0 saturated carbocycles. The minimum atomic E-state index is -1.41. The number of ether oxygens (including phenoxy) is 1. The first-order chi connectivity index (χ1) is 11.5. The van der Waals surface area contributed by atoms with E-state index >= 15 is 0 Å². The van der Waals surface area contributed by atoms with Crippen LogP contribution in [0.25, 0.3) is 0 Å². The summed E-state index contributed by atoms with van der Waals surface area (Å²) in [5, 5.41) is 51.4. The molecular weight excluding hydrogens is 354 g/mol. The van der Waals surface area contributed by atoms with Crippen LogP contribution in [-0.4, -0.2) is 79.1 Å². The molecule has 0 aliphatic carbocycles. The molecule has 0 aromatic rings. The van der Waals surface area contributed by atoms with E-state index in [4.69, 9.17) is 15.1 Å². The van der Waals surface area contributed by atoms with Gasteiger partial charge in [0.1, 0.15) is 34.9 Å². The number of aliphatic hydroxyl groups excluding tert-OH is 4. The van der Waals surface area contributed by atoms with Crippen LogP contribution >= 0.6 is 23.5 Å². The van der Waals surface area contributed by atoms with Crippen LogP contribution in [0.3, 0.4) is 0 Å². The average Bonchev–Trinajstić information content (AvgIpc) is 2.59. The maximum atomic E-state index is 9.98. The van der Waals surface area contributed by atoms with E-state index in [0.717, 1.165) is 31.0 Å². The highest BCUT2D eigenvalue weighted by Gasteiger charge is 2.44. The van der Waals surface area contributed by atoms with Crippen molar-refractivity contribution >= 4 is 28.6 Å². The van der Waals surface area contributed by atoms with Crippen LogP contribution in [0.5, 0.6) is 0 Å². The molecule has 1 heterocycles. The van der Waals surface area contributed by atoms with Crippen LogP contribution in [0, 0.1) is 0 Å². The standard InChI is InChI=1S/C15H29NO6S2/c1-23-8-6-4-2-3-5-7-11(16-21)24-15-14(20)13(19)12(18)10(9-17)22-15/h10,12-15,17-21H,2-9H2,1H3/b16-11-/t10-,12-,13+,14-,15+/m1/s1. The van der Waals surface area contributed by atoms with Gasteiger partial charge in [-0.25, -0.2) is 0 Å². The summed E-state index contributed by atoms with van der Waals surface area (Å²) in [5.41, 5.74) is -0.895. The van der Waals surface area contributed by atoms with Crippen molar-refractivity contribution in [3.05, 3.63) is 0 Å². The van der Waals surface area contributed by atoms with E-state index in [0.29, 0.717) is 11.5 Å². The maximum Gasteiger partial charge on any atom is 0.138 e. The molecule has 1 fully saturated rings. The Kier molecular flexibility index (Phi) is 11.3. The molecule has 0 spiro atoms. The summed E-state index contributed by atoms with van der Waals surface area (Å²) in [6.45, 7) is -0.469. The fourth-order valence-electron chi connectivity index (χ4n) is 2.48. The van der Waals surface area contributed by atoms with Gasteiger partial charge in [-0.1, -0.05) is 36.2 Å². The van der Waals surface area contributed by atoms with Gasteiger partial charge in [0.15, 0.2) is 0 Å². The van der Waals surface area contributed by atoms with E-state index in [1.54, 1.807) is 0 Å². The first-order valence-corrected chi connectivity index (χ1v) is 10.5. The first-order valence-electron chi connectivity index (χ1n) is 8.22. The zero-order valence-electron chi connectivity index (χ0n) is 14.0. The summed E-state index contributed by atoms with van der Waals surface area (Å²) in [6, 6.07) is 0. The molecule has 0 aromatic heterocycles. The SMILES string of the molecule is CSCCCCCCC/C(=N/O)S[C@@H]1O[C@H](CO)[C@@H](O)[C@H](O)[C@H]1O. The smallest absolute Gasteiger partial charge is 0.138 e. The quantitative estimate of drug-likeness (QED) is 0.125. The van der Waals surface area contributed by atoms with Crippen LogP contribution < -0.4 is 0 Å². The van der Waals surface area contributed by atoms with Crippen LogP contribution in [0.2, 0.25) is 0 Å². The molecular formula is C15H29NO6S2. The van der Waals surface area contributed by atoms with E-state index in [9.17, 15) is 15.3 Å². The van der Waals surface area contributed by atoms with Crippen LogP contribution in [0.1, 0.15) is 38.5 Å². The van der Waals surface area contributed by atoms with Gasteiger partial charge in [-0.2, -0.15) is 11.8 Å². The number of oxime groups is 1. The van der Waals surface area contributed by atoms with Gasteiger partial charge in [0.2, 0.25) is 0 Å². The van der Waals surface area contributed by atoms with Crippen molar-refractivity contribution in [3.8, 4) is 0 Å². The molecule has 0 amide bonds. The second kappa shape index (κ2) is 12.3. The van der Waals surface area contributed by atoms with Crippen molar-refractivity contribution in [1.29, 1.82) is 0 Å². The topological polar surface area (TPSA) is 123 Å². The Morgan fingerprint density at radius 1 is 1.00 bits per heavy atom. The molecule has 0 bridgehead atoms. The highest BCUT2D eigenvalue weighted by atomic mass is 32.2. The lowest BCUT2D eigenvalue weighted by Gasteiger charge is -2.39. The summed E-state index contributed by atoms with van der Waals surface area (Å²) < 4.78 is 5.39. The van der Waals surface area contributed by atoms with Gasteiger partial charge in [0.25, 0.3) is 0 Å². The summed E-state index contributed by atoms with van der Waals surface area (Å²) in [6.07, 6.45) is 3.01. The third-order valence-corrected chi connectivity index (χ3v) is 5.83. The Hall–Kier alpha value is -0.0300. The highest BCUT2D eigenvalue weighted by Crippen LogP contribution is 2.30. The number of unbranched alkanes of at least 4 members (excludes halogenated alkanes) is 4. The van der Waals surface area contributed by atoms with Crippen molar-refractivity contribution in [2.45, 2.75) is 68.4 Å². The lowest BCUT2D eigenvalue weighted by atomic mass is 10.0. The molecule has 0 aromatic carbocycles. The van der Waals surface area contributed by atoms with Crippen LogP contribution in [0.4, 0.5) is 0 Å². The zero-order valence-corrected chi connectivity index (χ0v) is 15.6. The van der Waals surface area contributed by atoms with Gasteiger partial charge in [-0.15, -0.1) is 0 Å². The molecule has 1 aliphatic rings.